The van der Waals surface area contributed by atoms with Crippen LogP contribution >= 0.6 is 0 Å². The van der Waals surface area contributed by atoms with Crippen LogP contribution in [0.25, 0.3) is 0 Å². The molecule has 0 rings (SSSR count). The molecule has 0 aromatic rings. The third kappa shape index (κ3) is 6.97. The van der Waals surface area contributed by atoms with Gasteiger partial charge in [-0.15, -0.1) is 0 Å². The first-order valence-electron chi connectivity index (χ1n) is 3.49. The summed E-state index contributed by atoms with van der Waals surface area (Å²) < 4.78 is 4.76. The van der Waals surface area contributed by atoms with E-state index in [1.807, 2.05) is 0 Å². The minimum absolute atomic E-state index is 0.0458. The number of nitrogens with two attached hydrogens (primary N) is 2. The molecule has 0 unspecified atom stereocenters. The topological polar surface area (TPSA) is 107 Å². The number of rotatable bonds is 6. The molecule has 70 valence electrons. The molecule has 0 aliphatic rings. The third-order valence-electron chi connectivity index (χ3n) is 0.998. The maximum Gasteiger partial charge on any atom is 0.243 e. The molecule has 0 aliphatic carbocycles. The van der Waals surface area contributed by atoms with Gasteiger partial charge >= 0.3 is 0 Å². The van der Waals surface area contributed by atoms with Crippen molar-refractivity contribution in [3.05, 3.63) is 0 Å². The molecule has 0 bridgehead atoms. The first-order chi connectivity index (χ1) is 5.66. The zero-order valence-corrected chi connectivity index (χ0v) is 6.71. The molecule has 0 heterocycles. The fourth-order valence-electron chi connectivity index (χ4n) is 0.508. The van der Waals surface area contributed by atoms with Gasteiger partial charge in [0.25, 0.3) is 0 Å². The van der Waals surface area contributed by atoms with Gasteiger partial charge in [-0.1, -0.05) is 0 Å². The highest BCUT2D eigenvalue weighted by atomic mass is 16.5. The van der Waals surface area contributed by atoms with Crippen molar-refractivity contribution >= 4 is 11.8 Å². The molecule has 6 heteroatoms. The first kappa shape index (κ1) is 10.9. The maximum absolute atomic E-state index is 10.5. The summed E-state index contributed by atoms with van der Waals surface area (Å²) in [6.45, 7) is 0.423. The standard InChI is InChI=1S/C6H13N3O3/c7-3-6(11)9-1-2-12-4-5(8)10/h1-4,7H2,(H2,8,10)(H,9,11). The van der Waals surface area contributed by atoms with Crippen molar-refractivity contribution in [2.24, 2.45) is 11.5 Å². The molecule has 6 nitrogen and oxygen atoms in total. The van der Waals surface area contributed by atoms with E-state index in [1.54, 1.807) is 0 Å². The molecule has 5 N–H and O–H groups in total. The quantitative estimate of drug-likeness (QED) is 0.390. The van der Waals surface area contributed by atoms with Gasteiger partial charge < -0.3 is 21.5 Å². The fraction of sp³-hybridized carbons (Fsp3) is 0.667. The average Bonchev–Trinajstić information content (AvgIpc) is 2.03. The van der Waals surface area contributed by atoms with E-state index in [0.717, 1.165) is 0 Å². The third-order valence-corrected chi connectivity index (χ3v) is 0.998. The lowest BCUT2D eigenvalue weighted by molar-refractivity contribution is -0.122. The molecule has 0 atom stereocenters. The van der Waals surface area contributed by atoms with E-state index < -0.39 is 5.91 Å². The Labute approximate surface area is 70.2 Å². The van der Waals surface area contributed by atoms with Crippen LogP contribution in [0.15, 0.2) is 0 Å². The van der Waals surface area contributed by atoms with Crippen LogP contribution in [0, 0.1) is 0 Å². The number of carbonyl (C=O) groups is 2. The lowest BCUT2D eigenvalue weighted by Gasteiger charge is -2.02. The van der Waals surface area contributed by atoms with Gasteiger partial charge in [0.05, 0.1) is 13.2 Å². The van der Waals surface area contributed by atoms with Crippen molar-refractivity contribution in [1.29, 1.82) is 0 Å². The highest BCUT2D eigenvalue weighted by Crippen LogP contribution is 1.71. The number of nitrogens with one attached hydrogen (secondary N) is 1. The molecule has 2 amide bonds. The Hall–Kier alpha value is -1.14. The number of primary amides is 1. The van der Waals surface area contributed by atoms with E-state index in [0.29, 0.717) is 6.54 Å². The van der Waals surface area contributed by atoms with Crippen LogP contribution < -0.4 is 16.8 Å². The Kier molecular flexibility index (Phi) is 5.94. The largest absolute Gasteiger partial charge is 0.370 e. The Bertz CT molecular complexity index is 160. The van der Waals surface area contributed by atoms with Crippen LogP contribution in [0.2, 0.25) is 0 Å². The number of amides is 2. The number of hydrogen-bond acceptors (Lipinski definition) is 4. The summed E-state index contributed by atoms with van der Waals surface area (Å²) in [6, 6.07) is 0. The molecule has 0 saturated carbocycles. The van der Waals surface area contributed by atoms with Gasteiger partial charge in [-0.3, -0.25) is 9.59 Å². The molecule has 0 aromatic carbocycles. The summed E-state index contributed by atoms with van der Waals surface area (Å²) in [5.74, 6) is -0.780. The minimum atomic E-state index is -0.528. The summed E-state index contributed by atoms with van der Waals surface area (Å²) in [6.07, 6.45) is 0. The SMILES string of the molecule is NCC(=O)NCCOCC(N)=O. The number of hydrogen-bond donors (Lipinski definition) is 3. The van der Waals surface area contributed by atoms with Crippen molar-refractivity contribution in [3.63, 3.8) is 0 Å². The maximum atomic E-state index is 10.5. The molecule has 0 saturated heterocycles. The van der Waals surface area contributed by atoms with Gasteiger partial charge in [-0.2, -0.15) is 0 Å². The highest BCUT2D eigenvalue weighted by Gasteiger charge is 1.96. The Morgan fingerprint density at radius 3 is 2.58 bits per heavy atom. The molecule has 12 heavy (non-hydrogen) atoms. The predicted octanol–water partition coefficient (Wildman–Crippen LogP) is -2.44. The van der Waals surface area contributed by atoms with Gasteiger partial charge in [0.15, 0.2) is 0 Å². The van der Waals surface area contributed by atoms with Gasteiger partial charge in [-0.05, 0) is 0 Å². The summed E-state index contributed by atoms with van der Waals surface area (Å²) in [4.78, 5) is 20.7. The van der Waals surface area contributed by atoms with Crippen molar-refractivity contribution < 1.29 is 14.3 Å². The second-order valence-electron chi connectivity index (χ2n) is 2.07. The van der Waals surface area contributed by atoms with Crippen LogP contribution in [0.5, 0.6) is 0 Å². The van der Waals surface area contributed by atoms with E-state index >= 15 is 0 Å². The van der Waals surface area contributed by atoms with E-state index in [1.165, 1.54) is 0 Å². The monoisotopic (exact) mass is 175 g/mol. The average molecular weight is 175 g/mol. The smallest absolute Gasteiger partial charge is 0.243 e. The minimum Gasteiger partial charge on any atom is -0.370 e. The van der Waals surface area contributed by atoms with E-state index in [4.69, 9.17) is 16.2 Å². The normalized spacial score (nSPS) is 9.42. The zero-order chi connectivity index (χ0) is 9.40. The second kappa shape index (κ2) is 6.56. The lowest BCUT2D eigenvalue weighted by Crippen LogP contribution is -2.33. The van der Waals surface area contributed by atoms with Crippen LogP contribution in [-0.4, -0.2) is 38.1 Å². The first-order valence-corrected chi connectivity index (χ1v) is 3.49. The van der Waals surface area contributed by atoms with Crippen LogP contribution in [-0.2, 0) is 14.3 Å². The van der Waals surface area contributed by atoms with Crippen LogP contribution in [0.3, 0.4) is 0 Å². The summed E-state index contributed by atoms with van der Waals surface area (Å²) >= 11 is 0. The molecule has 0 fully saturated rings. The van der Waals surface area contributed by atoms with Crippen molar-refractivity contribution in [2.75, 3.05) is 26.3 Å². The zero-order valence-electron chi connectivity index (χ0n) is 6.71. The molecule has 0 aliphatic heterocycles. The number of ether oxygens (including phenoxy) is 1. The van der Waals surface area contributed by atoms with Crippen molar-refractivity contribution in [1.82, 2.24) is 5.32 Å². The number of carbonyl (C=O) groups excluding carboxylic acids is 2. The summed E-state index contributed by atoms with van der Waals surface area (Å²) in [7, 11) is 0. The van der Waals surface area contributed by atoms with Gasteiger partial charge in [0.1, 0.15) is 6.61 Å². The van der Waals surface area contributed by atoms with Gasteiger partial charge in [0.2, 0.25) is 11.8 Å². The summed E-state index contributed by atoms with van der Waals surface area (Å²) in [5, 5.41) is 2.47. The van der Waals surface area contributed by atoms with Crippen molar-refractivity contribution in [2.45, 2.75) is 0 Å². The van der Waals surface area contributed by atoms with Crippen LogP contribution in [0.4, 0.5) is 0 Å². The molecular weight excluding hydrogens is 162 g/mol. The van der Waals surface area contributed by atoms with Crippen molar-refractivity contribution in [3.8, 4) is 0 Å². The molecular formula is C6H13N3O3. The van der Waals surface area contributed by atoms with Crippen LogP contribution in [0.1, 0.15) is 0 Å². The molecule has 0 aromatic heterocycles. The predicted molar refractivity (Wildman–Crippen MR) is 42.1 cm³/mol. The van der Waals surface area contributed by atoms with Gasteiger partial charge in [-0.25, -0.2) is 0 Å². The second-order valence-corrected chi connectivity index (χ2v) is 2.07. The Morgan fingerprint density at radius 1 is 1.42 bits per heavy atom. The lowest BCUT2D eigenvalue weighted by atomic mass is 10.5. The van der Waals surface area contributed by atoms with E-state index in [9.17, 15) is 9.59 Å². The van der Waals surface area contributed by atoms with Gasteiger partial charge in [0, 0.05) is 6.54 Å². The highest BCUT2D eigenvalue weighted by molar-refractivity contribution is 5.77. The Balaban J connectivity index is 3.11. The molecule has 0 radical (unpaired) electrons. The molecule has 0 spiro atoms. The Morgan fingerprint density at radius 2 is 2.08 bits per heavy atom. The fourth-order valence-corrected chi connectivity index (χ4v) is 0.508. The van der Waals surface area contributed by atoms with E-state index in [-0.39, 0.29) is 25.7 Å². The summed E-state index contributed by atoms with van der Waals surface area (Å²) in [5.41, 5.74) is 9.80. The van der Waals surface area contributed by atoms with E-state index in [2.05, 4.69) is 5.32 Å².